The Hall–Kier alpha value is -0.145. The monoisotopic (exact) mass is 110 g/mol. The normalized spacial score (nSPS) is 16.6. The van der Waals surface area contributed by atoms with E-state index in [1.165, 1.54) is 0 Å². The van der Waals surface area contributed by atoms with Crippen molar-refractivity contribution in [1.82, 2.24) is 0 Å². The van der Waals surface area contributed by atoms with Gasteiger partial charge in [0.25, 0.3) is 0 Å². The molecule has 0 saturated heterocycles. The van der Waals surface area contributed by atoms with Gasteiger partial charge in [-0.1, -0.05) is 6.92 Å². The molecule has 0 radical (unpaired) electrons. The topological polar surface area (TPSA) is 0 Å². The third-order valence-electron chi connectivity index (χ3n) is 0.655. The van der Waals surface area contributed by atoms with Gasteiger partial charge in [0.15, 0.2) is 0 Å². The second kappa shape index (κ2) is 1.76. The lowest BCUT2D eigenvalue weighted by molar-refractivity contribution is -0.129. The van der Waals surface area contributed by atoms with E-state index in [9.17, 15) is 13.2 Å². The second-order valence-electron chi connectivity index (χ2n) is 1.70. The number of rotatable bonds is 0. The Labute approximate surface area is 41.1 Å². The summed E-state index contributed by atoms with van der Waals surface area (Å²) in [7, 11) is 1.12. The third kappa shape index (κ3) is 2.54. The van der Waals surface area contributed by atoms with Crippen LogP contribution in [0.3, 0.4) is 0 Å². The molecule has 0 rings (SSSR count). The van der Waals surface area contributed by atoms with Gasteiger partial charge >= 0.3 is 6.18 Å². The highest BCUT2D eigenvalue weighted by Crippen LogP contribution is 2.26. The molecule has 0 aromatic heterocycles. The Kier molecular flexibility index (Phi) is 1.72. The summed E-state index contributed by atoms with van der Waals surface area (Å²) in [4.78, 5) is 0. The minimum Gasteiger partial charge on any atom is -0.172 e. The zero-order chi connectivity index (χ0) is 6.08. The van der Waals surface area contributed by atoms with Crippen LogP contribution < -0.4 is 0 Å². The Balaban J connectivity index is 3.54. The molecule has 1 unspecified atom stereocenters. The maximum absolute atomic E-state index is 11.2. The maximum Gasteiger partial charge on any atom is 0.384 e. The quantitative estimate of drug-likeness (QED) is 0.408. The molecular weight excluding hydrogens is 104 g/mol. The number of hydrogen-bond acceptors (Lipinski definition) is 0. The molecule has 7 heavy (non-hydrogen) atoms. The van der Waals surface area contributed by atoms with Gasteiger partial charge in [0.05, 0.1) is 0 Å². The lowest BCUT2D eigenvalue weighted by Gasteiger charge is -2.07. The van der Waals surface area contributed by atoms with Gasteiger partial charge in [-0.25, -0.2) is 0 Å². The smallest absolute Gasteiger partial charge is 0.172 e. The van der Waals surface area contributed by atoms with Crippen molar-refractivity contribution in [2.75, 3.05) is 0 Å². The van der Waals surface area contributed by atoms with Crippen molar-refractivity contribution in [1.29, 1.82) is 0 Å². The number of hydrogen-bond donors (Lipinski definition) is 0. The van der Waals surface area contributed by atoms with Gasteiger partial charge in [-0.2, -0.15) is 13.2 Å². The van der Waals surface area contributed by atoms with Crippen LogP contribution in [0.1, 0.15) is 6.92 Å². The van der Waals surface area contributed by atoms with E-state index in [0.717, 1.165) is 14.8 Å². The fourth-order valence-electron chi connectivity index (χ4n) is 0. The van der Waals surface area contributed by atoms with Crippen LogP contribution >= 0.6 is 0 Å². The molecular formula is C3H6BF3. The Morgan fingerprint density at radius 3 is 1.57 bits per heavy atom. The third-order valence-corrected chi connectivity index (χ3v) is 0.655. The first-order valence-corrected chi connectivity index (χ1v) is 2.01. The fraction of sp³-hybridized carbons (Fsp3) is 1.00. The predicted octanol–water partition coefficient (Wildman–Crippen LogP) is 0.990. The van der Waals surface area contributed by atoms with Crippen molar-refractivity contribution in [3.63, 3.8) is 0 Å². The van der Waals surface area contributed by atoms with Crippen molar-refractivity contribution in [2.24, 2.45) is 0 Å². The molecule has 0 amide bonds. The first kappa shape index (κ1) is 6.85. The maximum atomic E-state index is 11.2. The van der Waals surface area contributed by atoms with Crippen LogP contribution in [0.15, 0.2) is 0 Å². The van der Waals surface area contributed by atoms with Gasteiger partial charge in [-0.3, -0.25) is 0 Å². The summed E-state index contributed by atoms with van der Waals surface area (Å²) in [5.41, 5.74) is 0. The van der Waals surface area contributed by atoms with E-state index < -0.39 is 12.0 Å². The lowest BCUT2D eigenvalue weighted by atomic mass is 9.89. The molecule has 0 N–H and O–H groups in total. The molecule has 0 fully saturated rings. The molecule has 0 heterocycles. The first-order chi connectivity index (χ1) is 2.94. The molecule has 0 bridgehead atoms. The highest BCUT2D eigenvalue weighted by molar-refractivity contribution is 6.11. The fourth-order valence-corrected chi connectivity index (χ4v) is 0. The molecule has 1 atom stereocenters. The Bertz CT molecular complexity index is 55.7. The molecule has 0 aromatic rings. The summed E-state index contributed by atoms with van der Waals surface area (Å²) in [6.45, 7) is 1.12. The molecule has 0 spiro atoms. The van der Waals surface area contributed by atoms with E-state index in [2.05, 4.69) is 0 Å². The molecule has 42 valence electrons. The first-order valence-electron chi connectivity index (χ1n) is 2.01. The van der Waals surface area contributed by atoms with Crippen LogP contribution in [-0.2, 0) is 0 Å². The molecule has 4 heteroatoms. The molecule has 0 aliphatic rings. The van der Waals surface area contributed by atoms with Gasteiger partial charge in [0, 0.05) is 5.82 Å². The van der Waals surface area contributed by atoms with Crippen LogP contribution in [0.25, 0.3) is 0 Å². The molecule has 0 aromatic carbocycles. The number of alkyl halides is 3. The summed E-state index contributed by atoms with van der Waals surface area (Å²) in [6, 6.07) is 0. The summed E-state index contributed by atoms with van der Waals surface area (Å²) >= 11 is 0. The summed E-state index contributed by atoms with van der Waals surface area (Å²) in [5.74, 6) is -1.20. The van der Waals surface area contributed by atoms with E-state index in [4.69, 9.17) is 0 Å². The lowest BCUT2D eigenvalue weighted by Crippen LogP contribution is -2.13. The SMILES string of the molecule is BC(C)C(F)(F)F. The van der Waals surface area contributed by atoms with Crippen molar-refractivity contribution < 1.29 is 13.2 Å². The van der Waals surface area contributed by atoms with Crippen molar-refractivity contribution in [3.05, 3.63) is 0 Å². The van der Waals surface area contributed by atoms with Crippen molar-refractivity contribution >= 4 is 7.85 Å². The minimum atomic E-state index is -4.00. The Morgan fingerprint density at radius 1 is 1.43 bits per heavy atom. The molecule has 0 nitrogen and oxygen atoms in total. The largest absolute Gasteiger partial charge is 0.384 e. The average molecular weight is 110 g/mol. The van der Waals surface area contributed by atoms with Crippen LogP contribution in [0.5, 0.6) is 0 Å². The van der Waals surface area contributed by atoms with E-state index in [-0.39, 0.29) is 0 Å². The second-order valence-corrected chi connectivity index (χ2v) is 1.70. The number of halogens is 3. The Morgan fingerprint density at radius 2 is 1.57 bits per heavy atom. The average Bonchev–Trinajstić information content (AvgIpc) is 1.31. The van der Waals surface area contributed by atoms with Crippen molar-refractivity contribution in [2.45, 2.75) is 18.9 Å². The summed E-state index contributed by atoms with van der Waals surface area (Å²) in [6.07, 6.45) is -4.00. The van der Waals surface area contributed by atoms with E-state index in [0.29, 0.717) is 0 Å². The van der Waals surface area contributed by atoms with Gasteiger partial charge in [-0.15, -0.1) is 0 Å². The molecule has 0 saturated carbocycles. The van der Waals surface area contributed by atoms with E-state index in [1.807, 2.05) is 0 Å². The summed E-state index contributed by atoms with van der Waals surface area (Å²) in [5, 5.41) is 0. The van der Waals surface area contributed by atoms with E-state index >= 15 is 0 Å². The van der Waals surface area contributed by atoms with E-state index in [1.54, 1.807) is 0 Å². The minimum absolute atomic E-state index is 1.12. The summed E-state index contributed by atoms with van der Waals surface area (Å²) < 4.78 is 33.5. The van der Waals surface area contributed by atoms with Crippen LogP contribution in [-0.4, -0.2) is 14.0 Å². The van der Waals surface area contributed by atoms with Gasteiger partial charge in [-0.05, 0) is 0 Å². The molecule has 0 aliphatic heterocycles. The van der Waals surface area contributed by atoms with Crippen LogP contribution in [0.4, 0.5) is 13.2 Å². The predicted molar refractivity (Wildman–Crippen MR) is 24.0 cm³/mol. The highest BCUT2D eigenvalue weighted by Gasteiger charge is 2.31. The van der Waals surface area contributed by atoms with Gasteiger partial charge in [0.1, 0.15) is 7.85 Å². The van der Waals surface area contributed by atoms with Crippen LogP contribution in [0.2, 0.25) is 5.82 Å². The van der Waals surface area contributed by atoms with Crippen molar-refractivity contribution in [3.8, 4) is 0 Å². The van der Waals surface area contributed by atoms with Crippen LogP contribution in [0, 0.1) is 0 Å². The molecule has 0 aliphatic carbocycles. The standard InChI is InChI=1S/C3H6BF3/c1-2(4)3(5,6)7/h2H,4H2,1H3. The zero-order valence-electron chi connectivity index (χ0n) is 4.21. The zero-order valence-corrected chi connectivity index (χ0v) is 4.21. The van der Waals surface area contributed by atoms with Gasteiger partial charge < -0.3 is 0 Å². The van der Waals surface area contributed by atoms with Gasteiger partial charge in [0.2, 0.25) is 0 Å². The highest BCUT2D eigenvalue weighted by atomic mass is 19.4.